The third-order valence-electron chi connectivity index (χ3n) is 5.14. The first-order chi connectivity index (χ1) is 15.8. The van der Waals surface area contributed by atoms with Crippen LogP contribution in [0.5, 0.6) is 5.75 Å². The molecule has 4 aromatic rings. The number of imidazole rings is 1. The van der Waals surface area contributed by atoms with Gasteiger partial charge < -0.3 is 19.7 Å². The Morgan fingerprint density at radius 3 is 2.61 bits per heavy atom. The van der Waals surface area contributed by atoms with Crippen LogP contribution in [0.4, 0.5) is 5.82 Å². The number of aliphatic carboxylic acids is 1. The standard InChI is InChI=1S/C22H22N6O5/c1-26(16-5-3-4-10-23-16)11-12-33-15-8-6-14(7-9-15)19-24-18-20(25-19)27(2)22(32)28(21(18)31)13-17(29)30/h3-10H,11-13H2,1-2H3,(H,24,25)(H,29,30). The highest BCUT2D eigenvalue weighted by molar-refractivity contribution is 5.76. The van der Waals surface area contributed by atoms with Gasteiger partial charge in [-0.1, -0.05) is 6.07 Å². The summed E-state index contributed by atoms with van der Waals surface area (Å²) in [7, 11) is 3.38. The number of ether oxygens (including phenoxy) is 1. The Morgan fingerprint density at radius 1 is 1.18 bits per heavy atom. The summed E-state index contributed by atoms with van der Waals surface area (Å²) in [4.78, 5) is 49.5. The molecular formula is C22H22N6O5. The van der Waals surface area contributed by atoms with E-state index in [1.807, 2.05) is 30.1 Å². The lowest BCUT2D eigenvalue weighted by Crippen LogP contribution is -2.40. The number of carbonyl (C=O) groups is 1. The Labute approximate surface area is 187 Å². The number of likely N-dealkylation sites (N-methyl/N-ethyl adjacent to an activating group) is 1. The van der Waals surface area contributed by atoms with Crippen LogP contribution in [0.2, 0.25) is 0 Å². The van der Waals surface area contributed by atoms with Gasteiger partial charge in [0.25, 0.3) is 5.56 Å². The molecule has 0 aliphatic carbocycles. The molecule has 4 rings (SSSR count). The van der Waals surface area contributed by atoms with Gasteiger partial charge in [0.05, 0.1) is 6.54 Å². The zero-order valence-electron chi connectivity index (χ0n) is 18.1. The normalized spacial score (nSPS) is 11.0. The van der Waals surface area contributed by atoms with E-state index in [2.05, 4.69) is 15.0 Å². The largest absolute Gasteiger partial charge is 0.492 e. The van der Waals surface area contributed by atoms with Crippen LogP contribution >= 0.6 is 0 Å². The Bertz CT molecular complexity index is 1410. The number of nitrogens with one attached hydrogen (secondary N) is 1. The predicted octanol–water partition coefficient (Wildman–Crippen LogP) is 1.09. The van der Waals surface area contributed by atoms with Crippen molar-refractivity contribution in [3.05, 3.63) is 69.5 Å². The Balaban J connectivity index is 1.50. The third kappa shape index (κ3) is 4.47. The van der Waals surface area contributed by atoms with Gasteiger partial charge >= 0.3 is 11.7 Å². The molecule has 0 atom stereocenters. The van der Waals surface area contributed by atoms with Crippen molar-refractivity contribution in [2.75, 3.05) is 25.1 Å². The van der Waals surface area contributed by atoms with Crippen molar-refractivity contribution in [3.63, 3.8) is 0 Å². The molecule has 3 heterocycles. The lowest BCUT2D eigenvalue weighted by Gasteiger charge is -2.18. The van der Waals surface area contributed by atoms with E-state index in [9.17, 15) is 14.4 Å². The molecule has 0 amide bonds. The number of aryl methyl sites for hydroxylation is 1. The summed E-state index contributed by atoms with van der Waals surface area (Å²) in [6.45, 7) is 0.388. The molecule has 11 nitrogen and oxygen atoms in total. The maximum Gasteiger partial charge on any atom is 0.333 e. The average Bonchev–Trinajstić information content (AvgIpc) is 3.27. The highest BCUT2D eigenvalue weighted by Crippen LogP contribution is 2.21. The Morgan fingerprint density at radius 2 is 1.94 bits per heavy atom. The molecular weight excluding hydrogens is 428 g/mol. The van der Waals surface area contributed by atoms with E-state index in [0.29, 0.717) is 34.9 Å². The fourth-order valence-corrected chi connectivity index (χ4v) is 3.36. The minimum Gasteiger partial charge on any atom is -0.492 e. The van der Waals surface area contributed by atoms with Gasteiger partial charge in [-0.25, -0.2) is 19.3 Å². The first-order valence-electron chi connectivity index (χ1n) is 10.1. The molecule has 0 radical (unpaired) electrons. The van der Waals surface area contributed by atoms with E-state index in [1.54, 1.807) is 30.5 Å². The molecule has 11 heteroatoms. The summed E-state index contributed by atoms with van der Waals surface area (Å²) < 4.78 is 7.61. The van der Waals surface area contributed by atoms with Gasteiger partial charge in [-0.05, 0) is 36.4 Å². The number of pyridine rings is 1. The number of fused-ring (bicyclic) bond motifs is 1. The van der Waals surface area contributed by atoms with E-state index in [4.69, 9.17) is 9.84 Å². The number of carboxylic acids is 1. The lowest BCUT2D eigenvalue weighted by atomic mass is 10.2. The van der Waals surface area contributed by atoms with Gasteiger partial charge in [0.15, 0.2) is 5.65 Å². The fourth-order valence-electron chi connectivity index (χ4n) is 3.36. The maximum atomic E-state index is 12.6. The average molecular weight is 450 g/mol. The van der Waals surface area contributed by atoms with Crippen LogP contribution in [-0.2, 0) is 18.4 Å². The number of nitrogens with zero attached hydrogens (tertiary/aromatic N) is 5. The minimum atomic E-state index is -1.28. The van der Waals surface area contributed by atoms with Crippen LogP contribution in [0.1, 0.15) is 0 Å². The van der Waals surface area contributed by atoms with Crippen LogP contribution < -0.4 is 20.9 Å². The monoisotopic (exact) mass is 450 g/mol. The van der Waals surface area contributed by atoms with Crippen molar-refractivity contribution >= 4 is 23.0 Å². The second-order valence-electron chi connectivity index (χ2n) is 7.39. The number of carboxylic acid groups (broad SMARTS) is 1. The lowest BCUT2D eigenvalue weighted by molar-refractivity contribution is -0.137. The second kappa shape index (κ2) is 8.99. The fraction of sp³-hybridized carbons (Fsp3) is 0.227. The molecule has 33 heavy (non-hydrogen) atoms. The molecule has 0 saturated carbocycles. The maximum absolute atomic E-state index is 12.6. The van der Waals surface area contributed by atoms with Crippen molar-refractivity contribution in [1.29, 1.82) is 0 Å². The van der Waals surface area contributed by atoms with Gasteiger partial charge in [0.2, 0.25) is 0 Å². The van der Waals surface area contributed by atoms with E-state index in [0.717, 1.165) is 10.4 Å². The van der Waals surface area contributed by atoms with Gasteiger partial charge in [0.1, 0.15) is 36.1 Å². The molecule has 0 fully saturated rings. The zero-order chi connectivity index (χ0) is 23.5. The van der Waals surface area contributed by atoms with Gasteiger partial charge in [-0.3, -0.25) is 14.2 Å². The minimum absolute atomic E-state index is 0.0613. The van der Waals surface area contributed by atoms with Gasteiger partial charge in [-0.2, -0.15) is 0 Å². The Hall–Kier alpha value is -4.41. The van der Waals surface area contributed by atoms with Crippen molar-refractivity contribution in [3.8, 4) is 17.1 Å². The number of hydrogen-bond donors (Lipinski definition) is 2. The molecule has 1 aromatic carbocycles. The second-order valence-corrected chi connectivity index (χ2v) is 7.39. The first kappa shape index (κ1) is 21.8. The molecule has 0 saturated heterocycles. The molecule has 0 spiro atoms. The molecule has 3 aromatic heterocycles. The van der Waals surface area contributed by atoms with E-state index < -0.39 is 23.8 Å². The van der Waals surface area contributed by atoms with Crippen molar-refractivity contribution in [2.24, 2.45) is 7.05 Å². The summed E-state index contributed by atoms with van der Waals surface area (Å²) in [5.41, 5.74) is -0.579. The molecule has 0 aliphatic heterocycles. The Kier molecular flexibility index (Phi) is 5.94. The number of hydrogen-bond acceptors (Lipinski definition) is 7. The third-order valence-corrected chi connectivity index (χ3v) is 5.14. The van der Waals surface area contributed by atoms with E-state index in [1.165, 1.54) is 7.05 Å². The summed E-state index contributed by atoms with van der Waals surface area (Å²) in [6, 6.07) is 12.8. The zero-order valence-corrected chi connectivity index (χ0v) is 18.1. The number of H-pyrrole nitrogens is 1. The van der Waals surface area contributed by atoms with Crippen LogP contribution in [-0.4, -0.2) is 55.4 Å². The SMILES string of the molecule is CN(CCOc1ccc(-c2nc3c([nH]2)c(=O)n(CC(=O)O)c(=O)n3C)cc1)c1ccccn1. The summed E-state index contributed by atoms with van der Waals surface area (Å²) in [5.74, 6) is 0.625. The van der Waals surface area contributed by atoms with Gasteiger partial charge in [-0.15, -0.1) is 0 Å². The van der Waals surface area contributed by atoms with E-state index >= 15 is 0 Å². The molecule has 2 N–H and O–H groups in total. The summed E-state index contributed by atoms with van der Waals surface area (Å²) >= 11 is 0. The van der Waals surface area contributed by atoms with Crippen molar-refractivity contribution < 1.29 is 14.6 Å². The van der Waals surface area contributed by atoms with Crippen LogP contribution in [0.15, 0.2) is 58.3 Å². The van der Waals surface area contributed by atoms with Crippen molar-refractivity contribution in [2.45, 2.75) is 6.54 Å². The highest BCUT2D eigenvalue weighted by atomic mass is 16.5. The number of anilines is 1. The van der Waals surface area contributed by atoms with E-state index in [-0.39, 0.29) is 11.2 Å². The number of aromatic nitrogens is 5. The highest BCUT2D eigenvalue weighted by Gasteiger charge is 2.17. The molecule has 0 unspecified atom stereocenters. The number of benzene rings is 1. The molecule has 0 aliphatic rings. The summed E-state index contributed by atoms with van der Waals surface area (Å²) in [5, 5.41) is 8.99. The summed E-state index contributed by atoms with van der Waals surface area (Å²) in [6.07, 6.45) is 1.74. The van der Waals surface area contributed by atoms with Crippen LogP contribution in [0.25, 0.3) is 22.6 Å². The topological polar surface area (TPSA) is 135 Å². The predicted molar refractivity (Wildman–Crippen MR) is 122 cm³/mol. The number of rotatable bonds is 8. The van der Waals surface area contributed by atoms with Crippen LogP contribution in [0, 0.1) is 0 Å². The van der Waals surface area contributed by atoms with Crippen molar-refractivity contribution in [1.82, 2.24) is 24.1 Å². The smallest absolute Gasteiger partial charge is 0.333 e. The molecule has 170 valence electrons. The quantitative estimate of drug-likeness (QED) is 0.407. The van der Waals surface area contributed by atoms with Crippen LogP contribution in [0.3, 0.4) is 0 Å². The molecule has 0 bridgehead atoms. The van der Waals surface area contributed by atoms with Gasteiger partial charge in [0, 0.05) is 25.9 Å². The first-order valence-corrected chi connectivity index (χ1v) is 10.1. The number of aromatic amines is 1.